The van der Waals surface area contributed by atoms with Gasteiger partial charge in [0.15, 0.2) is 0 Å². The Kier molecular flexibility index (Phi) is 4.37. The number of H-pyrrole nitrogens is 1. The number of aromatic nitrogens is 3. The van der Waals surface area contributed by atoms with Crippen molar-refractivity contribution in [3.05, 3.63) is 36.2 Å². The lowest BCUT2D eigenvalue weighted by Crippen LogP contribution is -2.39. The average Bonchev–Trinajstić information content (AvgIpc) is 3.22. The van der Waals surface area contributed by atoms with Crippen molar-refractivity contribution >= 4 is 34.3 Å². The highest BCUT2D eigenvalue weighted by atomic mass is 16.6. The molecule has 1 aromatic carbocycles. The van der Waals surface area contributed by atoms with E-state index in [1.54, 1.807) is 9.80 Å². The third-order valence-corrected chi connectivity index (χ3v) is 4.59. The topological polar surface area (TPSA) is 133 Å². The van der Waals surface area contributed by atoms with Crippen LogP contribution in [0.1, 0.15) is 16.9 Å². The van der Waals surface area contributed by atoms with Crippen molar-refractivity contribution in [3.63, 3.8) is 0 Å². The van der Waals surface area contributed by atoms with Crippen molar-refractivity contribution in [1.29, 1.82) is 0 Å². The number of carbonyl (C=O) groups is 2. The Labute approximate surface area is 154 Å². The molecule has 1 aliphatic rings. The highest BCUT2D eigenvalue weighted by Gasteiger charge is 2.26. The van der Waals surface area contributed by atoms with Crippen LogP contribution in [0.15, 0.2) is 35.1 Å². The Bertz CT molecular complexity index is 980. The Balaban J connectivity index is 1.39. The number of nitrogen functional groups attached to an aromatic ring is 1. The molecule has 27 heavy (non-hydrogen) atoms. The summed E-state index contributed by atoms with van der Waals surface area (Å²) in [7, 11) is 0. The molecule has 4 N–H and O–H groups in total. The van der Waals surface area contributed by atoms with Gasteiger partial charge in [-0.05, 0) is 40.3 Å². The van der Waals surface area contributed by atoms with Gasteiger partial charge in [0.2, 0.25) is 11.5 Å². The van der Waals surface area contributed by atoms with E-state index in [4.69, 9.17) is 5.73 Å². The number of carbonyl (C=O) groups excluding carboxylic acids is 2. The number of urea groups is 1. The Morgan fingerprint density at radius 1 is 1.11 bits per heavy atom. The van der Waals surface area contributed by atoms with Crippen LogP contribution in [0.3, 0.4) is 0 Å². The fourth-order valence-electron chi connectivity index (χ4n) is 3.15. The van der Waals surface area contributed by atoms with Crippen LogP contribution in [0.2, 0.25) is 0 Å². The minimum absolute atomic E-state index is 0.00662. The summed E-state index contributed by atoms with van der Waals surface area (Å²) in [5.41, 5.74) is 7.27. The molecule has 0 radical (unpaired) electrons. The molecular weight excluding hydrogens is 350 g/mol. The van der Waals surface area contributed by atoms with Gasteiger partial charge in [-0.2, -0.15) is 0 Å². The molecule has 2 aromatic heterocycles. The van der Waals surface area contributed by atoms with Crippen LogP contribution in [0.4, 0.5) is 16.3 Å². The number of hydrogen-bond acceptors (Lipinski definition) is 6. The normalized spacial score (nSPS) is 15.0. The van der Waals surface area contributed by atoms with Crippen LogP contribution in [0.5, 0.6) is 0 Å². The van der Waals surface area contributed by atoms with Crippen LogP contribution in [0, 0.1) is 0 Å². The van der Waals surface area contributed by atoms with E-state index in [1.165, 1.54) is 0 Å². The fourth-order valence-corrected chi connectivity index (χ4v) is 3.15. The standard InChI is InChI=1S/C17H19N7O3/c18-15-14(21-27-22-15)16(25)23-6-1-7-24(9-8-23)17(26)20-12-3-2-11-4-5-19-13(11)10-12/h2-5,10,19H,1,6-9H2,(H2,18,22)(H,20,26). The Hall–Kier alpha value is -3.56. The van der Waals surface area contributed by atoms with Crippen molar-refractivity contribution in [2.24, 2.45) is 0 Å². The second-order valence-corrected chi connectivity index (χ2v) is 6.34. The first kappa shape index (κ1) is 16.9. The lowest BCUT2D eigenvalue weighted by molar-refractivity contribution is 0.0752. The number of amides is 3. The summed E-state index contributed by atoms with van der Waals surface area (Å²) in [5.74, 6) is -0.369. The number of rotatable bonds is 2. The van der Waals surface area contributed by atoms with Gasteiger partial charge in [0.05, 0.1) is 0 Å². The SMILES string of the molecule is Nc1nonc1C(=O)N1CCCN(C(=O)Nc2ccc3cc[nH]c3c2)CC1. The van der Waals surface area contributed by atoms with Gasteiger partial charge in [-0.25, -0.2) is 9.42 Å². The van der Waals surface area contributed by atoms with E-state index < -0.39 is 0 Å². The molecule has 0 bridgehead atoms. The predicted octanol–water partition coefficient (Wildman–Crippen LogP) is 1.51. The number of anilines is 2. The minimum atomic E-state index is -0.340. The molecule has 1 fully saturated rings. The smallest absolute Gasteiger partial charge is 0.321 e. The second-order valence-electron chi connectivity index (χ2n) is 6.34. The Morgan fingerprint density at radius 3 is 2.74 bits per heavy atom. The third-order valence-electron chi connectivity index (χ3n) is 4.59. The monoisotopic (exact) mass is 369 g/mol. The largest absolute Gasteiger partial charge is 0.379 e. The highest BCUT2D eigenvalue weighted by molar-refractivity contribution is 5.96. The highest BCUT2D eigenvalue weighted by Crippen LogP contribution is 2.18. The maximum Gasteiger partial charge on any atom is 0.321 e. The molecule has 140 valence electrons. The molecule has 0 spiro atoms. The molecule has 4 rings (SSSR count). The van der Waals surface area contributed by atoms with E-state index >= 15 is 0 Å². The first-order chi connectivity index (χ1) is 13.1. The lowest BCUT2D eigenvalue weighted by Gasteiger charge is -2.22. The van der Waals surface area contributed by atoms with Gasteiger partial charge in [0.1, 0.15) is 0 Å². The summed E-state index contributed by atoms with van der Waals surface area (Å²) in [4.78, 5) is 31.5. The van der Waals surface area contributed by atoms with Gasteiger partial charge >= 0.3 is 6.03 Å². The zero-order valence-electron chi connectivity index (χ0n) is 14.5. The molecule has 10 nitrogen and oxygen atoms in total. The zero-order chi connectivity index (χ0) is 18.8. The van der Waals surface area contributed by atoms with Gasteiger partial charge < -0.3 is 25.8 Å². The van der Waals surface area contributed by atoms with E-state index in [9.17, 15) is 9.59 Å². The van der Waals surface area contributed by atoms with Crippen LogP contribution in [-0.2, 0) is 0 Å². The van der Waals surface area contributed by atoms with Gasteiger partial charge in [0, 0.05) is 43.6 Å². The number of nitrogens with one attached hydrogen (secondary N) is 2. The van der Waals surface area contributed by atoms with Crippen molar-refractivity contribution in [1.82, 2.24) is 25.1 Å². The van der Waals surface area contributed by atoms with Crippen molar-refractivity contribution < 1.29 is 14.2 Å². The molecule has 1 saturated heterocycles. The molecule has 3 aromatic rings. The number of nitrogens with zero attached hydrogens (tertiary/aromatic N) is 4. The zero-order valence-corrected chi connectivity index (χ0v) is 14.5. The first-order valence-corrected chi connectivity index (χ1v) is 8.62. The molecule has 0 saturated carbocycles. The maximum absolute atomic E-state index is 12.6. The number of aromatic amines is 1. The predicted molar refractivity (Wildman–Crippen MR) is 98.1 cm³/mol. The van der Waals surface area contributed by atoms with Gasteiger partial charge in [-0.15, -0.1) is 0 Å². The van der Waals surface area contributed by atoms with Crippen LogP contribution < -0.4 is 11.1 Å². The summed E-state index contributed by atoms with van der Waals surface area (Å²) in [6.07, 6.45) is 2.51. The van der Waals surface area contributed by atoms with E-state index in [0.717, 1.165) is 10.9 Å². The molecule has 1 aliphatic heterocycles. The van der Waals surface area contributed by atoms with Crippen molar-refractivity contribution in [2.75, 3.05) is 37.2 Å². The number of fused-ring (bicyclic) bond motifs is 1. The maximum atomic E-state index is 12.6. The quantitative estimate of drug-likeness (QED) is 0.627. The number of nitrogens with two attached hydrogens (primary N) is 1. The van der Waals surface area contributed by atoms with Crippen molar-refractivity contribution in [2.45, 2.75) is 6.42 Å². The van der Waals surface area contributed by atoms with E-state index in [2.05, 4.69) is 25.2 Å². The van der Waals surface area contributed by atoms with E-state index in [1.807, 2.05) is 30.5 Å². The lowest BCUT2D eigenvalue weighted by atomic mass is 10.2. The van der Waals surface area contributed by atoms with Crippen LogP contribution in [0.25, 0.3) is 10.9 Å². The molecule has 10 heteroatoms. The number of benzene rings is 1. The molecule has 0 unspecified atom stereocenters. The Morgan fingerprint density at radius 2 is 1.93 bits per heavy atom. The summed E-state index contributed by atoms with van der Waals surface area (Å²) in [6.45, 7) is 1.85. The fraction of sp³-hybridized carbons (Fsp3) is 0.294. The molecule has 3 heterocycles. The van der Waals surface area contributed by atoms with E-state index in [0.29, 0.717) is 38.3 Å². The second kappa shape index (κ2) is 6.98. The van der Waals surface area contributed by atoms with Crippen LogP contribution >= 0.6 is 0 Å². The third kappa shape index (κ3) is 3.41. The summed E-state index contributed by atoms with van der Waals surface area (Å²) < 4.78 is 4.49. The number of hydrogen-bond donors (Lipinski definition) is 3. The molecule has 0 aliphatic carbocycles. The van der Waals surface area contributed by atoms with Gasteiger partial charge in [-0.1, -0.05) is 6.07 Å². The van der Waals surface area contributed by atoms with Gasteiger partial charge in [-0.3, -0.25) is 4.79 Å². The van der Waals surface area contributed by atoms with Crippen LogP contribution in [-0.4, -0.2) is 63.2 Å². The summed E-state index contributed by atoms with van der Waals surface area (Å²) >= 11 is 0. The minimum Gasteiger partial charge on any atom is -0.379 e. The average molecular weight is 369 g/mol. The van der Waals surface area contributed by atoms with E-state index in [-0.39, 0.29) is 23.5 Å². The summed E-state index contributed by atoms with van der Waals surface area (Å²) in [6, 6.07) is 7.47. The van der Waals surface area contributed by atoms with Crippen molar-refractivity contribution in [3.8, 4) is 0 Å². The van der Waals surface area contributed by atoms with Gasteiger partial charge in [0.25, 0.3) is 5.91 Å². The molecular formula is C17H19N7O3. The molecule has 3 amide bonds. The summed E-state index contributed by atoms with van der Waals surface area (Å²) in [5, 5.41) is 11.0. The first-order valence-electron chi connectivity index (χ1n) is 8.62. The molecule has 0 atom stereocenters.